The summed E-state index contributed by atoms with van der Waals surface area (Å²) in [7, 11) is 0. The van der Waals surface area contributed by atoms with Crippen LogP contribution in [0.15, 0.2) is 36.4 Å². The van der Waals surface area contributed by atoms with Crippen molar-refractivity contribution in [1.29, 1.82) is 0 Å². The van der Waals surface area contributed by atoms with Crippen LogP contribution in [0.2, 0.25) is 10.0 Å². The second-order valence-corrected chi connectivity index (χ2v) is 5.59. The first-order valence-corrected chi connectivity index (χ1v) is 7.40. The summed E-state index contributed by atoms with van der Waals surface area (Å²) >= 11 is 18.7. The first kappa shape index (κ1) is 13.7. The predicted molar refractivity (Wildman–Crippen MR) is 85.4 cm³/mol. The summed E-state index contributed by atoms with van der Waals surface area (Å²) in [5.41, 5.74) is 3.69. The zero-order valence-corrected chi connectivity index (χ0v) is 13.0. The number of rotatable bonds is 2. The van der Waals surface area contributed by atoms with E-state index in [0.29, 0.717) is 10.0 Å². The molecule has 2 nitrogen and oxygen atoms in total. The number of aromatic nitrogens is 2. The molecule has 0 unspecified atom stereocenters. The fraction of sp³-hybridized carbons (Fsp3) is 0.133. The fourth-order valence-electron chi connectivity index (χ4n) is 2.33. The number of para-hydroxylation sites is 2. The SMILES string of the molecule is Cc1cccc2c1nc(CCl)n2-c1c(Cl)cccc1Cl. The molecule has 0 saturated carbocycles. The number of hydrogen-bond donors (Lipinski definition) is 0. The van der Waals surface area contributed by atoms with Crippen LogP contribution in [0.1, 0.15) is 11.4 Å². The number of aryl methyl sites for hydroxylation is 1. The maximum absolute atomic E-state index is 6.31. The van der Waals surface area contributed by atoms with Crippen LogP contribution >= 0.6 is 34.8 Å². The van der Waals surface area contributed by atoms with E-state index in [1.165, 1.54) is 0 Å². The van der Waals surface area contributed by atoms with Crippen molar-refractivity contribution in [1.82, 2.24) is 9.55 Å². The molecule has 0 aliphatic carbocycles. The van der Waals surface area contributed by atoms with Crippen LogP contribution in [0.25, 0.3) is 16.7 Å². The molecule has 0 amide bonds. The van der Waals surface area contributed by atoms with Gasteiger partial charge in [0.1, 0.15) is 5.82 Å². The molecule has 2 aromatic carbocycles. The lowest BCUT2D eigenvalue weighted by atomic mass is 10.2. The van der Waals surface area contributed by atoms with Gasteiger partial charge in [-0.1, -0.05) is 41.4 Å². The summed E-state index contributed by atoms with van der Waals surface area (Å²) in [4.78, 5) is 4.60. The fourth-order valence-corrected chi connectivity index (χ4v) is 3.08. The zero-order valence-electron chi connectivity index (χ0n) is 10.7. The molecular formula is C15H11Cl3N2. The molecule has 0 aliphatic rings. The first-order valence-electron chi connectivity index (χ1n) is 6.10. The number of nitrogens with zero attached hydrogens (tertiary/aromatic N) is 2. The Balaban J connectivity index is 2.44. The Hall–Kier alpha value is -1.22. The van der Waals surface area contributed by atoms with Gasteiger partial charge in [0.05, 0.1) is 32.6 Å². The highest BCUT2D eigenvalue weighted by Gasteiger charge is 2.17. The molecular weight excluding hydrogens is 315 g/mol. The molecule has 0 radical (unpaired) electrons. The van der Waals surface area contributed by atoms with Crippen LogP contribution in [-0.2, 0) is 5.88 Å². The van der Waals surface area contributed by atoms with Gasteiger partial charge in [0.25, 0.3) is 0 Å². The highest BCUT2D eigenvalue weighted by atomic mass is 35.5. The molecule has 0 N–H and O–H groups in total. The molecule has 3 aromatic rings. The number of hydrogen-bond acceptors (Lipinski definition) is 1. The summed E-state index contributed by atoms with van der Waals surface area (Å²) in [6.45, 7) is 2.02. The van der Waals surface area contributed by atoms with E-state index in [0.717, 1.165) is 28.1 Å². The van der Waals surface area contributed by atoms with Crippen LogP contribution in [0.3, 0.4) is 0 Å². The molecule has 1 aromatic heterocycles. The van der Waals surface area contributed by atoms with Crippen LogP contribution in [0, 0.1) is 6.92 Å². The lowest BCUT2D eigenvalue weighted by Gasteiger charge is -2.11. The smallest absolute Gasteiger partial charge is 0.129 e. The molecule has 1 heterocycles. The van der Waals surface area contributed by atoms with Crippen LogP contribution in [0.4, 0.5) is 0 Å². The Morgan fingerprint density at radius 3 is 2.35 bits per heavy atom. The summed E-state index contributed by atoms with van der Waals surface area (Å²) in [5.74, 6) is 1.02. The monoisotopic (exact) mass is 324 g/mol. The van der Waals surface area contributed by atoms with Crippen LogP contribution in [-0.4, -0.2) is 9.55 Å². The Labute approximate surface area is 131 Å². The van der Waals surface area contributed by atoms with Gasteiger partial charge in [-0.25, -0.2) is 4.98 Å². The normalized spacial score (nSPS) is 11.2. The van der Waals surface area contributed by atoms with Gasteiger partial charge in [-0.05, 0) is 30.7 Å². The van der Waals surface area contributed by atoms with Gasteiger partial charge < -0.3 is 0 Å². The van der Waals surface area contributed by atoms with E-state index in [9.17, 15) is 0 Å². The van der Waals surface area contributed by atoms with Crippen molar-refractivity contribution in [3.8, 4) is 5.69 Å². The van der Waals surface area contributed by atoms with E-state index in [2.05, 4.69) is 4.98 Å². The van der Waals surface area contributed by atoms with Gasteiger partial charge in [-0.15, -0.1) is 11.6 Å². The van der Waals surface area contributed by atoms with Gasteiger partial charge in [-0.2, -0.15) is 0 Å². The van der Waals surface area contributed by atoms with Crippen LogP contribution in [0.5, 0.6) is 0 Å². The second-order valence-electron chi connectivity index (χ2n) is 4.51. The van der Waals surface area contributed by atoms with Gasteiger partial charge in [0.2, 0.25) is 0 Å². The predicted octanol–water partition coefficient (Wildman–Crippen LogP) is 5.38. The molecule has 0 aliphatic heterocycles. The van der Waals surface area contributed by atoms with Gasteiger partial charge in [0.15, 0.2) is 0 Å². The second kappa shape index (κ2) is 5.28. The molecule has 0 spiro atoms. The number of halogens is 3. The summed E-state index contributed by atoms with van der Waals surface area (Å²) < 4.78 is 1.93. The molecule has 102 valence electrons. The number of imidazole rings is 1. The molecule has 0 fully saturated rings. The van der Waals surface area contributed by atoms with Crippen molar-refractivity contribution in [2.45, 2.75) is 12.8 Å². The van der Waals surface area contributed by atoms with Crippen molar-refractivity contribution in [3.05, 3.63) is 57.8 Å². The van der Waals surface area contributed by atoms with E-state index < -0.39 is 0 Å². The van der Waals surface area contributed by atoms with Crippen molar-refractivity contribution in [2.75, 3.05) is 0 Å². The lowest BCUT2D eigenvalue weighted by molar-refractivity contribution is 0.982. The highest BCUT2D eigenvalue weighted by molar-refractivity contribution is 6.37. The minimum atomic E-state index is 0.287. The highest BCUT2D eigenvalue weighted by Crippen LogP contribution is 2.33. The number of benzene rings is 2. The maximum atomic E-state index is 6.31. The van der Waals surface area contributed by atoms with Crippen molar-refractivity contribution in [3.63, 3.8) is 0 Å². The summed E-state index contributed by atoms with van der Waals surface area (Å²) in [6, 6.07) is 11.4. The van der Waals surface area contributed by atoms with Gasteiger partial charge >= 0.3 is 0 Å². The largest absolute Gasteiger partial charge is 0.292 e. The molecule has 0 saturated heterocycles. The maximum Gasteiger partial charge on any atom is 0.129 e. The standard InChI is InChI=1S/C15H11Cl3N2/c1-9-4-2-7-12-14(9)19-13(8-16)20(12)15-10(17)5-3-6-11(15)18/h2-7H,8H2,1H3. The Morgan fingerprint density at radius 1 is 1.05 bits per heavy atom. The van der Waals surface area contributed by atoms with E-state index in [-0.39, 0.29) is 5.88 Å². The van der Waals surface area contributed by atoms with Crippen LogP contribution < -0.4 is 0 Å². The topological polar surface area (TPSA) is 17.8 Å². The lowest BCUT2D eigenvalue weighted by Crippen LogP contribution is -2.01. The Bertz CT molecular complexity index is 773. The molecule has 3 rings (SSSR count). The average molecular weight is 326 g/mol. The molecule has 0 atom stereocenters. The third-order valence-corrected chi connectivity index (χ3v) is 4.09. The van der Waals surface area contributed by atoms with E-state index in [4.69, 9.17) is 34.8 Å². The zero-order chi connectivity index (χ0) is 14.3. The average Bonchev–Trinajstić information content (AvgIpc) is 2.79. The van der Waals surface area contributed by atoms with Gasteiger partial charge in [-0.3, -0.25) is 4.57 Å². The molecule has 20 heavy (non-hydrogen) atoms. The third kappa shape index (κ3) is 2.08. The number of alkyl halides is 1. The van der Waals surface area contributed by atoms with Crippen molar-refractivity contribution >= 4 is 45.8 Å². The van der Waals surface area contributed by atoms with E-state index >= 15 is 0 Å². The summed E-state index contributed by atoms with van der Waals surface area (Å²) in [6.07, 6.45) is 0. The van der Waals surface area contributed by atoms with E-state index in [1.54, 1.807) is 0 Å². The molecule has 5 heteroatoms. The van der Waals surface area contributed by atoms with Gasteiger partial charge in [0, 0.05) is 0 Å². The van der Waals surface area contributed by atoms with E-state index in [1.807, 2.05) is 47.9 Å². The minimum Gasteiger partial charge on any atom is -0.292 e. The quantitative estimate of drug-likeness (QED) is 0.578. The minimum absolute atomic E-state index is 0.287. The molecule has 0 bridgehead atoms. The summed E-state index contributed by atoms with van der Waals surface area (Å²) in [5, 5.41) is 1.15. The van der Waals surface area contributed by atoms with Crippen molar-refractivity contribution < 1.29 is 0 Å². The van der Waals surface area contributed by atoms with Crippen molar-refractivity contribution in [2.24, 2.45) is 0 Å². The Morgan fingerprint density at radius 2 is 1.70 bits per heavy atom. The third-order valence-electron chi connectivity index (χ3n) is 3.24. The Kier molecular flexibility index (Phi) is 3.63. The first-order chi connectivity index (χ1) is 9.63. The number of fused-ring (bicyclic) bond motifs is 1.